The molecule has 0 saturated carbocycles. The molecule has 1 amide bonds. The van der Waals surface area contributed by atoms with Crippen molar-refractivity contribution in [3.63, 3.8) is 0 Å². The molecule has 0 radical (unpaired) electrons. The highest BCUT2D eigenvalue weighted by Gasteiger charge is 2.12. The summed E-state index contributed by atoms with van der Waals surface area (Å²) in [7, 11) is 0. The molecule has 1 aromatic carbocycles. The molecule has 21 heavy (non-hydrogen) atoms. The van der Waals surface area contributed by atoms with E-state index >= 15 is 0 Å². The smallest absolute Gasteiger partial charge is 0.274 e. The fourth-order valence-electron chi connectivity index (χ4n) is 2.10. The lowest BCUT2D eigenvalue weighted by Gasteiger charge is -2.02. The van der Waals surface area contributed by atoms with Gasteiger partial charge in [0.15, 0.2) is 5.69 Å². The minimum Gasteiger partial charge on any atom is -0.347 e. The van der Waals surface area contributed by atoms with Gasteiger partial charge in [-0.3, -0.25) is 9.59 Å². The number of H-pyrrole nitrogens is 1. The number of aromatic nitrogens is 3. The molecule has 0 fully saturated rings. The molecule has 3 rings (SSSR count). The summed E-state index contributed by atoms with van der Waals surface area (Å²) in [6, 6.07) is 11.1. The second kappa shape index (κ2) is 5.24. The van der Waals surface area contributed by atoms with Crippen LogP contribution in [0.2, 0.25) is 0 Å². The van der Waals surface area contributed by atoms with Crippen molar-refractivity contribution in [3.8, 4) is 0 Å². The lowest BCUT2D eigenvalue weighted by Crippen LogP contribution is -2.23. The van der Waals surface area contributed by atoms with E-state index in [1.807, 2.05) is 30.3 Å². The van der Waals surface area contributed by atoms with Crippen LogP contribution in [0.5, 0.6) is 0 Å². The number of amides is 1. The van der Waals surface area contributed by atoms with E-state index in [1.165, 1.54) is 10.6 Å². The van der Waals surface area contributed by atoms with E-state index in [-0.39, 0.29) is 17.2 Å². The Morgan fingerprint density at radius 1 is 1.33 bits per heavy atom. The minimum atomic E-state index is -0.306. The first-order valence-electron chi connectivity index (χ1n) is 6.55. The fourth-order valence-corrected chi connectivity index (χ4v) is 2.10. The first kappa shape index (κ1) is 13.1. The van der Waals surface area contributed by atoms with Gasteiger partial charge in [-0.05, 0) is 12.5 Å². The van der Waals surface area contributed by atoms with Crippen molar-refractivity contribution in [2.45, 2.75) is 13.5 Å². The van der Waals surface area contributed by atoms with Gasteiger partial charge < -0.3 is 10.3 Å². The van der Waals surface area contributed by atoms with E-state index in [1.54, 1.807) is 13.1 Å². The molecule has 0 saturated heterocycles. The van der Waals surface area contributed by atoms with Crippen LogP contribution in [0.15, 0.2) is 47.4 Å². The highest BCUT2D eigenvalue weighted by atomic mass is 16.2. The highest BCUT2D eigenvalue weighted by molar-refractivity contribution is 5.93. The fraction of sp³-hybridized carbons (Fsp3) is 0.133. The topological polar surface area (TPSA) is 79.3 Å². The number of benzene rings is 1. The maximum Gasteiger partial charge on any atom is 0.274 e. The summed E-state index contributed by atoms with van der Waals surface area (Å²) in [5.41, 5.74) is 2.01. The third-order valence-corrected chi connectivity index (χ3v) is 3.12. The number of aryl methyl sites for hydroxylation is 1. The molecular weight excluding hydrogens is 268 g/mol. The molecule has 0 spiro atoms. The van der Waals surface area contributed by atoms with Gasteiger partial charge in [-0.2, -0.15) is 5.10 Å². The van der Waals surface area contributed by atoms with Gasteiger partial charge in [0.2, 0.25) is 0 Å². The number of nitrogens with one attached hydrogen (secondary N) is 2. The van der Waals surface area contributed by atoms with Crippen molar-refractivity contribution in [3.05, 3.63) is 69.9 Å². The molecule has 0 aliphatic heterocycles. The summed E-state index contributed by atoms with van der Waals surface area (Å²) in [5, 5.41) is 6.91. The average molecular weight is 282 g/mol. The summed E-state index contributed by atoms with van der Waals surface area (Å²) in [6.45, 7) is 2.18. The summed E-state index contributed by atoms with van der Waals surface area (Å²) in [5.74, 6) is -0.306. The summed E-state index contributed by atoms with van der Waals surface area (Å²) in [6.07, 6.45) is 1.67. The first-order chi connectivity index (χ1) is 10.1. The Morgan fingerprint density at radius 3 is 2.86 bits per heavy atom. The van der Waals surface area contributed by atoms with Crippen LogP contribution in [-0.4, -0.2) is 20.5 Å². The molecule has 106 valence electrons. The van der Waals surface area contributed by atoms with Crippen LogP contribution in [0.1, 0.15) is 21.7 Å². The number of carbonyl (C=O) groups is 1. The molecule has 0 bridgehead atoms. The zero-order chi connectivity index (χ0) is 14.8. The molecule has 0 unspecified atom stereocenters. The average Bonchev–Trinajstić information content (AvgIpc) is 2.90. The minimum absolute atomic E-state index is 0.224. The van der Waals surface area contributed by atoms with Crippen LogP contribution < -0.4 is 10.9 Å². The van der Waals surface area contributed by atoms with Crippen molar-refractivity contribution < 1.29 is 4.79 Å². The van der Waals surface area contributed by atoms with Gasteiger partial charge >= 0.3 is 0 Å². The maximum absolute atomic E-state index is 12.1. The predicted molar refractivity (Wildman–Crippen MR) is 78.2 cm³/mol. The van der Waals surface area contributed by atoms with Crippen LogP contribution in [0.3, 0.4) is 0 Å². The second-order valence-corrected chi connectivity index (χ2v) is 4.79. The number of nitrogens with zero attached hydrogens (tertiary/aromatic N) is 2. The van der Waals surface area contributed by atoms with Crippen molar-refractivity contribution in [2.24, 2.45) is 0 Å². The molecule has 2 aromatic heterocycles. The molecule has 3 aromatic rings. The van der Waals surface area contributed by atoms with Crippen LogP contribution in [0.4, 0.5) is 0 Å². The molecular formula is C15H14N4O2. The number of rotatable bonds is 3. The lowest BCUT2D eigenvalue weighted by atomic mass is 10.2. The zero-order valence-corrected chi connectivity index (χ0v) is 11.5. The zero-order valence-electron chi connectivity index (χ0n) is 11.5. The van der Waals surface area contributed by atoms with Crippen molar-refractivity contribution in [2.75, 3.05) is 0 Å². The first-order valence-corrected chi connectivity index (χ1v) is 6.55. The van der Waals surface area contributed by atoms with E-state index in [2.05, 4.69) is 15.4 Å². The molecule has 0 atom stereocenters. The van der Waals surface area contributed by atoms with Crippen LogP contribution >= 0.6 is 0 Å². The molecule has 6 nitrogen and oxygen atoms in total. The Balaban J connectivity index is 1.82. The van der Waals surface area contributed by atoms with Crippen LogP contribution in [-0.2, 0) is 6.54 Å². The quantitative estimate of drug-likeness (QED) is 0.759. The maximum atomic E-state index is 12.1. The summed E-state index contributed by atoms with van der Waals surface area (Å²) < 4.78 is 1.42. The number of fused-ring (bicyclic) bond motifs is 1. The van der Waals surface area contributed by atoms with Gasteiger partial charge in [-0.15, -0.1) is 0 Å². The van der Waals surface area contributed by atoms with Crippen molar-refractivity contribution >= 4 is 11.4 Å². The van der Waals surface area contributed by atoms with E-state index in [4.69, 9.17) is 0 Å². The van der Waals surface area contributed by atoms with Crippen molar-refractivity contribution in [1.29, 1.82) is 0 Å². The van der Waals surface area contributed by atoms with Gasteiger partial charge in [0.1, 0.15) is 5.52 Å². The monoisotopic (exact) mass is 282 g/mol. The molecule has 6 heteroatoms. The molecule has 0 aliphatic rings. The standard InChI is InChI=1S/C15H14N4O2/c1-10-9-19-13(15(21)17-10)7-12(18-19)14(20)16-8-11-5-3-2-4-6-11/h2-7,9H,8H2,1H3,(H,16,20)(H,17,21). The van der Waals surface area contributed by atoms with E-state index < -0.39 is 0 Å². The summed E-state index contributed by atoms with van der Waals surface area (Å²) >= 11 is 0. The Morgan fingerprint density at radius 2 is 2.10 bits per heavy atom. The van der Waals surface area contributed by atoms with Gasteiger partial charge in [-0.1, -0.05) is 30.3 Å². The van der Waals surface area contributed by atoms with Crippen LogP contribution in [0, 0.1) is 6.92 Å². The third-order valence-electron chi connectivity index (χ3n) is 3.12. The van der Waals surface area contributed by atoms with E-state index in [0.29, 0.717) is 17.8 Å². The SMILES string of the molecule is Cc1cn2nc(C(=O)NCc3ccccc3)cc2c(=O)[nH]1. The van der Waals surface area contributed by atoms with Gasteiger partial charge in [0.25, 0.3) is 11.5 Å². The van der Waals surface area contributed by atoms with E-state index in [9.17, 15) is 9.59 Å². The Kier molecular flexibility index (Phi) is 3.27. The Hall–Kier alpha value is -2.89. The predicted octanol–water partition coefficient (Wildman–Crippen LogP) is 1.26. The number of aromatic amines is 1. The largest absolute Gasteiger partial charge is 0.347 e. The van der Waals surface area contributed by atoms with Crippen LogP contribution in [0.25, 0.3) is 5.52 Å². The van der Waals surface area contributed by atoms with Gasteiger partial charge in [0, 0.05) is 24.5 Å². The van der Waals surface area contributed by atoms with E-state index in [0.717, 1.165) is 5.56 Å². The molecule has 0 aliphatic carbocycles. The highest BCUT2D eigenvalue weighted by Crippen LogP contribution is 2.03. The number of carbonyl (C=O) groups excluding carboxylic acids is 1. The number of hydrogen-bond donors (Lipinski definition) is 2. The van der Waals surface area contributed by atoms with Crippen molar-refractivity contribution in [1.82, 2.24) is 19.9 Å². The normalized spacial score (nSPS) is 10.7. The van der Waals surface area contributed by atoms with Gasteiger partial charge in [0.05, 0.1) is 0 Å². The van der Waals surface area contributed by atoms with Gasteiger partial charge in [-0.25, -0.2) is 4.52 Å². The Bertz CT molecular complexity index is 849. The molecule has 2 heterocycles. The number of hydrogen-bond acceptors (Lipinski definition) is 3. The summed E-state index contributed by atoms with van der Waals surface area (Å²) in [4.78, 5) is 26.5. The lowest BCUT2D eigenvalue weighted by molar-refractivity contribution is 0.0945. The molecule has 2 N–H and O–H groups in total. The second-order valence-electron chi connectivity index (χ2n) is 4.79. The Labute approximate surface area is 120 Å². The third kappa shape index (κ3) is 2.69.